The number of unbranched alkanes of at least 4 members (excludes halogenated alkanes) is 1. The van der Waals surface area contributed by atoms with Gasteiger partial charge in [-0.3, -0.25) is 4.68 Å². The van der Waals surface area contributed by atoms with E-state index in [-0.39, 0.29) is 0 Å². The van der Waals surface area contributed by atoms with E-state index in [1.54, 1.807) is 7.11 Å². The first-order valence-corrected chi connectivity index (χ1v) is 7.44. The predicted molar refractivity (Wildman–Crippen MR) is 79.6 cm³/mol. The number of methoxy groups -OCH3 is 1. The molecule has 0 aromatic carbocycles. The number of aromatic nitrogens is 2. The second-order valence-electron chi connectivity index (χ2n) is 4.95. The van der Waals surface area contributed by atoms with Crippen molar-refractivity contribution in [2.45, 2.75) is 59.0 Å². The highest BCUT2D eigenvalue weighted by Gasteiger charge is 2.19. The fourth-order valence-corrected chi connectivity index (χ4v) is 2.54. The average molecular weight is 267 g/mol. The minimum absolute atomic E-state index is 0.373. The highest BCUT2D eigenvalue weighted by Crippen LogP contribution is 2.23. The normalized spacial score (nSPS) is 12.9. The van der Waals surface area contributed by atoms with Gasteiger partial charge in [-0.1, -0.05) is 13.8 Å². The number of hydrogen-bond donors (Lipinski definition) is 1. The Bertz CT molecular complexity index is 374. The lowest BCUT2D eigenvalue weighted by Crippen LogP contribution is -2.15. The summed E-state index contributed by atoms with van der Waals surface area (Å²) in [6, 6.07) is 0.373. The van der Waals surface area contributed by atoms with Gasteiger partial charge >= 0.3 is 0 Å². The number of aryl methyl sites for hydroxylation is 2. The molecule has 0 aliphatic rings. The van der Waals surface area contributed by atoms with Crippen LogP contribution in [0, 0.1) is 0 Å². The molecule has 1 heterocycles. The third-order valence-electron chi connectivity index (χ3n) is 3.68. The van der Waals surface area contributed by atoms with Gasteiger partial charge in [-0.2, -0.15) is 5.10 Å². The summed E-state index contributed by atoms with van der Waals surface area (Å²) in [5.74, 6) is 0. The zero-order valence-corrected chi connectivity index (χ0v) is 13.1. The lowest BCUT2D eigenvalue weighted by Gasteiger charge is -2.13. The molecule has 0 aliphatic heterocycles. The molecule has 0 radical (unpaired) electrons. The topological polar surface area (TPSA) is 39.1 Å². The molecule has 0 aliphatic carbocycles. The van der Waals surface area contributed by atoms with Crippen LogP contribution in [0.5, 0.6) is 0 Å². The Morgan fingerprint density at radius 3 is 2.53 bits per heavy atom. The molecule has 1 N–H and O–H groups in total. The first-order chi connectivity index (χ1) is 9.19. The molecule has 0 amide bonds. The smallest absolute Gasteiger partial charge is 0.0672 e. The molecule has 4 nitrogen and oxygen atoms in total. The van der Waals surface area contributed by atoms with Gasteiger partial charge in [0.1, 0.15) is 0 Å². The zero-order chi connectivity index (χ0) is 14.3. The van der Waals surface area contributed by atoms with Crippen LogP contribution in [-0.4, -0.2) is 30.5 Å². The molecule has 4 heteroatoms. The highest BCUT2D eigenvalue weighted by atomic mass is 16.5. The van der Waals surface area contributed by atoms with Crippen molar-refractivity contribution in [3.63, 3.8) is 0 Å². The van der Waals surface area contributed by atoms with E-state index in [1.165, 1.54) is 17.0 Å². The Kier molecular flexibility index (Phi) is 7.10. The number of ether oxygens (including phenoxy) is 1. The molecule has 110 valence electrons. The van der Waals surface area contributed by atoms with Crippen LogP contribution >= 0.6 is 0 Å². The van der Waals surface area contributed by atoms with Crippen molar-refractivity contribution in [2.24, 2.45) is 0 Å². The third kappa shape index (κ3) is 4.05. The summed E-state index contributed by atoms with van der Waals surface area (Å²) in [5.41, 5.74) is 4.03. The monoisotopic (exact) mass is 267 g/mol. The molecule has 0 bridgehead atoms. The summed E-state index contributed by atoms with van der Waals surface area (Å²) in [5, 5.41) is 8.15. The van der Waals surface area contributed by atoms with Crippen molar-refractivity contribution in [3.05, 3.63) is 17.0 Å². The van der Waals surface area contributed by atoms with Gasteiger partial charge in [0.15, 0.2) is 0 Å². The van der Waals surface area contributed by atoms with Crippen LogP contribution in [0.2, 0.25) is 0 Å². The van der Waals surface area contributed by atoms with Crippen LogP contribution in [0.4, 0.5) is 0 Å². The van der Waals surface area contributed by atoms with Gasteiger partial charge in [0.05, 0.1) is 5.69 Å². The Morgan fingerprint density at radius 2 is 2.00 bits per heavy atom. The van der Waals surface area contributed by atoms with Gasteiger partial charge in [-0.25, -0.2) is 0 Å². The van der Waals surface area contributed by atoms with Gasteiger partial charge < -0.3 is 10.1 Å². The van der Waals surface area contributed by atoms with E-state index in [4.69, 9.17) is 9.84 Å². The minimum atomic E-state index is 0.373. The lowest BCUT2D eigenvalue weighted by molar-refractivity contribution is 0.190. The van der Waals surface area contributed by atoms with E-state index < -0.39 is 0 Å². The van der Waals surface area contributed by atoms with Crippen molar-refractivity contribution >= 4 is 0 Å². The fourth-order valence-electron chi connectivity index (χ4n) is 2.54. The molecular formula is C15H29N3O. The zero-order valence-electron chi connectivity index (χ0n) is 13.1. The van der Waals surface area contributed by atoms with Gasteiger partial charge in [-0.15, -0.1) is 0 Å². The molecule has 0 spiro atoms. The van der Waals surface area contributed by atoms with Crippen molar-refractivity contribution in [2.75, 3.05) is 20.8 Å². The van der Waals surface area contributed by atoms with Crippen molar-refractivity contribution in [3.8, 4) is 0 Å². The van der Waals surface area contributed by atoms with Gasteiger partial charge in [-0.05, 0) is 39.7 Å². The van der Waals surface area contributed by atoms with Gasteiger partial charge in [0, 0.05) is 37.6 Å². The molecular weight excluding hydrogens is 238 g/mol. The van der Waals surface area contributed by atoms with Gasteiger partial charge in [0.2, 0.25) is 0 Å². The van der Waals surface area contributed by atoms with E-state index >= 15 is 0 Å². The third-order valence-corrected chi connectivity index (χ3v) is 3.68. The minimum Gasteiger partial charge on any atom is -0.385 e. The molecule has 1 aromatic rings. The highest BCUT2D eigenvalue weighted by molar-refractivity contribution is 5.30. The van der Waals surface area contributed by atoms with Crippen LogP contribution in [-0.2, 0) is 24.1 Å². The molecule has 19 heavy (non-hydrogen) atoms. The van der Waals surface area contributed by atoms with Crippen LogP contribution in [0.15, 0.2) is 0 Å². The standard InChI is InChI=1S/C15H29N3O/c1-6-13-15(12(3)16-4)14(7-2)18(17-13)10-8-9-11-19-5/h12,16H,6-11H2,1-5H3. The predicted octanol–water partition coefficient (Wildman–Crippen LogP) is 2.71. The van der Waals surface area contributed by atoms with E-state index in [0.29, 0.717) is 6.04 Å². The number of hydrogen-bond acceptors (Lipinski definition) is 3. The molecule has 0 saturated heterocycles. The first-order valence-electron chi connectivity index (χ1n) is 7.44. The molecule has 0 saturated carbocycles. The Hall–Kier alpha value is -0.870. The summed E-state index contributed by atoms with van der Waals surface area (Å²) < 4.78 is 7.31. The van der Waals surface area contributed by atoms with Crippen LogP contribution < -0.4 is 5.32 Å². The van der Waals surface area contributed by atoms with E-state index in [9.17, 15) is 0 Å². The van der Waals surface area contributed by atoms with E-state index in [1.807, 2.05) is 7.05 Å². The number of nitrogens with zero attached hydrogens (tertiary/aromatic N) is 2. The van der Waals surface area contributed by atoms with Gasteiger partial charge in [0.25, 0.3) is 0 Å². The van der Waals surface area contributed by atoms with E-state index in [0.717, 1.165) is 38.8 Å². The summed E-state index contributed by atoms with van der Waals surface area (Å²) in [7, 11) is 3.77. The maximum atomic E-state index is 5.10. The average Bonchev–Trinajstić information content (AvgIpc) is 2.80. The van der Waals surface area contributed by atoms with Crippen LogP contribution in [0.1, 0.15) is 56.6 Å². The number of nitrogens with one attached hydrogen (secondary N) is 1. The van der Waals surface area contributed by atoms with Crippen LogP contribution in [0.25, 0.3) is 0 Å². The molecule has 1 atom stereocenters. The number of rotatable bonds is 9. The summed E-state index contributed by atoms with van der Waals surface area (Å²) in [4.78, 5) is 0. The molecule has 1 aromatic heterocycles. The first kappa shape index (κ1) is 16.2. The maximum absolute atomic E-state index is 5.10. The second kappa shape index (κ2) is 8.33. The SMILES string of the molecule is CCc1nn(CCCCOC)c(CC)c1C(C)NC. The molecule has 0 fully saturated rings. The molecule has 1 unspecified atom stereocenters. The largest absolute Gasteiger partial charge is 0.385 e. The van der Waals surface area contributed by atoms with Crippen molar-refractivity contribution < 1.29 is 4.74 Å². The summed E-state index contributed by atoms with van der Waals surface area (Å²) in [6.45, 7) is 8.45. The lowest BCUT2D eigenvalue weighted by atomic mass is 10.0. The summed E-state index contributed by atoms with van der Waals surface area (Å²) in [6.07, 6.45) is 4.26. The van der Waals surface area contributed by atoms with Crippen molar-refractivity contribution in [1.82, 2.24) is 15.1 Å². The quantitative estimate of drug-likeness (QED) is 0.699. The molecule has 1 rings (SSSR count). The van der Waals surface area contributed by atoms with E-state index in [2.05, 4.69) is 30.8 Å². The van der Waals surface area contributed by atoms with Crippen LogP contribution in [0.3, 0.4) is 0 Å². The second-order valence-corrected chi connectivity index (χ2v) is 4.95. The Balaban J connectivity index is 2.88. The Labute approximate surface area is 117 Å². The fraction of sp³-hybridized carbons (Fsp3) is 0.800. The maximum Gasteiger partial charge on any atom is 0.0672 e. The summed E-state index contributed by atoms with van der Waals surface area (Å²) >= 11 is 0. The van der Waals surface area contributed by atoms with Crippen molar-refractivity contribution in [1.29, 1.82) is 0 Å². The Morgan fingerprint density at radius 1 is 1.26 bits per heavy atom.